The molecule has 5 aromatic rings. The summed E-state index contributed by atoms with van der Waals surface area (Å²) in [6.07, 6.45) is 1.73. The smallest absolute Gasteiger partial charge is 0.258 e. The van der Waals surface area contributed by atoms with E-state index in [1.54, 1.807) is 4.90 Å². The molecule has 1 heterocycles. The van der Waals surface area contributed by atoms with Crippen LogP contribution < -0.4 is 21.1 Å². The van der Waals surface area contributed by atoms with Gasteiger partial charge in [-0.2, -0.15) is 0 Å². The van der Waals surface area contributed by atoms with E-state index in [-0.39, 0.29) is 30.5 Å². The van der Waals surface area contributed by atoms with Crippen LogP contribution in [0.2, 0.25) is 0 Å². The number of nitrogens with zero attached hydrogens (tertiary/aromatic N) is 3. The third kappa shape index (κ3) is 6.47. The predicted octanol–water partition coefficient (Wildman–Crippen LogP) is 5.41. The van der Waals surface area contributed by atoms with Gasteiger partial charge < -0.3 is 25.7 Å². The van der Waals surface area contributed by atoms with E-state index < -0.39 is 0 Å². The summed E-state index contributed by atoms with van der Waals surface area (Å²) in [5, 5.41) is 15.3. The van der Waals surface area contributed by atoms with Crippen molar-refractivity contribution < 1.29 is 9.53 Å². The van der Waals surface area contributed by atoms with E-state index in [0.717, 1.165) is 28.8 Å². The summed E-state index contributed by atoms with van der Waals surface area (Å²) in [7, 11) is 1.97. The average molecular weight is 560 g/mol. The fourth-order valence-corrected chi connectivity index (χ4v) is 4.79. The maximum Gasteiger partial charge on any atom is 0.258 e. The number of nitrogens with two attached hydrogens (primary N) is 2. The summed E-state index contributed by atoms with van der Waals surface area (Å²) >= 11 is 0. The highest BCUT2D eigenvalue weighted by atomic mass is 16.5. The summed E-state index contributed by atoms with van der Waals surface area (Å²) in [4.78, 5) is 20.3. The Balaban J connectivity index is 1.38. The van der Waals surface area contributed by atoms with E-state index in [0.29, 0.717) is 34.7 Å². The molecule has 0 aliphatic carbocycles. The van der Waals surface area contributed by atoms with Crippen molar-refractivity contribution in [1.82, 2.24) is 9.55 Å². The lowest BCUT2D eigenvalue weighted by Gasteiger charge is -2.23. The number of carbonyl (C=O) groups is 1. The number of rotatable bonds is 11. The lowest BCUT2D eigenvalue weighted by Crippen LogP contribution is -2.34. The van der Waals surface area contributed by atoms with Crippen molar-refractivity contribution in [2.75, 3.05) is 11.4 Å². The van der Waals surface area contributed by atoms with Gasteiger partial charge in [0.15, 0.2) is 0 Å². The first-order valence-electron chi connectivity index (χ1n) is 13.6. The number of amidine groups is 2. The van der Waals surface area contributed by atoms with Crippen molar-refractivity contribution in [2.45, 2.75) is 19.3 Å². The Bertz CT molecular complexity index is 1740. The number of imidazole rings is 1. The third-order valence-corrected chi connectivity index (χ3v) is 7.08. The number of amides is 1. The first-order chi connectivity index (χ1) is 20.3. The van der Waals surface area contributed by atoms with Crippen molar-refractivity contribution in [3.8, 4) is 11.5 Å². The second kappa shape index (κ2) is 12.4. The van der Waals surface area contributed by atoms with Crippen LogP contribution >= 0.6 is 0 Å². The van der Waals surface area contributed by atoms with Gasteiger partial charge in [0.05, 0.1) is 16.9 Å². The molecule has 9 heteroatoms. The third-order valence-electron chi connectivity index (χ3n) is 7.08. The minimum Gasteiger partial charge on any atom is -0.457 e. The Morgan fingerprint density at radius 2 is 1.57 bits per heavy atom. The quantitative estimate of drug-likeness (QED) is 0.126. The molecule has 0 bridgehead atoms. The molecule has 0 saturated heterocycles. The van der Waals surface area contributed by atoms with Gasteiger partial charge in [0.1, 0.15) is 23.2 Å². The maximum absolute atomic E-state index is 13.9. The van der Waals surface area contributed by atoms with Crippen LogP contribution in [-0.2, 0) is 19.9 Å². The van der Waals surface area contributed by atoms with E-state index >= 15 is 0 Å². The standard InChI is InChI=1S/C33H33N7O2/c1-39-29-16-15-24(20-28(29)38-31(39)17-12-22-10-13-23(14-11-22)32(36)37)33(41)40(19-18-30(34)35)25-6-5-9-27(21-25)42-26-7-3-2-4-8-26/h2-11,13-16,20-21H,12,17-19H2,1H3,(H3,34,35)(H3,36,37). The highest BCUT2D eigenvalue weighted by Gasteiger charge is 2.20. The van der Waals surface area contributed by atoms with Gasteiger partial charge >= 0.3 is 0 Å². The summed E-state index contributed by atoms with van der Waals surface area (Å²) in [6, 6.07) is 30.0. The summed E-state index contributed by atoms with van der Waals surface area (Å²) in [5.74, 6) is 2.04. The molecule has 0 saturated carbocycles. The van der Waals surface area contributed by atoms with Crippen molar-refractivity contribution in [3.63, 3.8) is 0 Å². The monoisotopic (exact) mass is 559 g/mol. The van der Waals surface area contributed by atoms with Gasteiger partial charge in [-0.25, -0.2) is 4.98 Å². The number of fused-ring (bicyclic) bond motifs is 1. The van der Waals surface area contributed by atoms with Crippen LogP contribution in [0, 0.1) is 10.8 Å². The van der Waals surface area contributed by atoms with Gasteiger partial charge in [0.2, 0.25) is 0 Å². The highest BCUT2D eigenvalue weighted by Crippen LogP contribution is 2.28. The van der Waals surface area contributed by atoms with Crippen LogP contribution in [0.15, 0.2) is 97.1 Å². The van der Waals surface area contributed by atoms with E-state index in [9.17, 15) is 4.79 Å². The number of carbonyl (C=O) groups excluding carboxylic acids is 1. The summed E-state index contributed by atoms with van der Waals surface area (Å²) < 4.78 is 8.04. The van der Waals surface area contributed by atoms with Crippen LogP contribution in [0.3, 0.4) is 0 Å². The number of ether oxygens (including phenoxy) is 1. The molecule has 212 valence electrons. The highest BCUT2D eigenvalue weighted by molar-refractivity contribution is 6.08. The Labute approximate surface area is 244 Å². The molecule has 1 amide bonds. The number of nitrogens with one attached hydrogen (secondary N) is 2. The normalized spacial score (nSPS) is 10.9. The second-order valence-corrected chi connectivity index (χ2v) is 10.0. The fraction of sp³-hybridized carbons (Fsp3) is 0.152. The average Bonchev–Trinajstić information content (AvgIpc) is 3.31. The van der Waals surface area contributed by atoms with Crippen LogP contribution in [0.5, 0.6) is 11.5 Å². The van der Waals surface area contributed by atoms with Crippen molar-refractivity contribution in [1.29, 1.82) is 10.8 Å². The molecule has 0 spiro atoms. The Kier molecular flexibility index (Phi) is 8.29. The van der Waals surface area contributed by atoms with Crippen molar-refractivity contribution >= 4 is 34.3 Å². The SMILES string of the molecule is Cn1c(CCc2ccc(C(=N)N)cc2)nc2cc(C(=O)N(CCC(=N)N)c3cccc(Oc4ccccc4)c3)ccc21. The minimum atomic E-state index is -0.215. The maximum atomic E-state index is 13.9. The van der Waals surface area contributed by atoms with Crippen molar-refractivity contribution in [2.24, 2.45) is 18.5 Å². The molecule has 0 aliphatic heterocycles. The molecule has 6 N–H and O–H groups in total. The molecule has 0 radical (unpaired) electrons. The predicted molar refractivity (Wildman–Crippen MR) is 167 cm³/mol. The van der Waals surface area contributed by atoms with Crippen molar-refractivity contribution in [3.05, 3.63) is 120 Å². The summed E-state index contributed by atoms with van der Waals surface area (Å²) in [6.45, 7) is 0.247. The fourth-order valence-electron chi connectivity index (χ4n) is 4.79. The van der Waals surface area contributed by atoms with E-state index in [2.05, 4.69) is 0 Å². The Morgan fingerprint density at radius 1 is 0.857 bits per heavy atom. The van der Waals surface area contributed by atoms with Gasteiger partial charge in [-0.3, -0.25) is 15.6 Å². The van der Waals surface area contributed by atoms with Gasteiger partial charge in [-0.15, -0.1) is 0 Å². The van der Waals surface area contributed by atoms with E-state index in [1.807, 2.05) is 109 Å². The molecule has 0 aliphatic rings. The number of aryl methyl sites for hydroxylation is 3. The molecule has 0 fully saturated rings. The molecular formula is C33H33N7O2. The molecule has 1 aromatic heterocycles. The lowest BCUT2D eigenvalue weighted by atomic mass is 10.1. The van der Waals surface area contributed by atoms with Crippen LogP contribution in [-0.4, -0.2) is 33.7 Å². The molecule has 0 atom stereocenters. The van der Waals surface area contributed by atoms with E-state index in [1.165, 1.54) is 0 Å². The molecule has 0 unspecified atom stereocenters. The minimum absolute atomic E-state index is 0.00486. The number of aromatic nitrogens is 2. The number of benzene rings is 4. The first-order valence-corrected chi connectivity index (χ1v) is 13.6. The number of hydrogen-bond acceptors (Lipinski definition) is 5. The topological polar surface area (TPSA) is 147 Å². The zero-order valence-corrected chi connectivity index (χ0v) is 23.4. The first kappa shape index (κ1) is 28.1. The van der Waals surface area contributed by atoms with Gasteiger partial charge in [-0.1, -0.05) is 48.5 Å². The number of hydrogen-bond donors (Lipinski definition) is 4. The second-order valence-electron chi connectivity index (χ2n) is 10.0. The molecule has 9 nitrogen and oxygen atoms in total. The molecule has 5 rings (SSSR count). The van der Waals surface area contributed by atoms with E-state index in [4.69, 9.17) is 32.0 Å². The largest absolute Gasteiger partial charge is 0.457 e. The van der Waals surface area contributed by atoms with Gasteiger partial charge in [0.25, 0.3) is 5.91 Å². The lowest BCUT2D eigenvalue weighted by molar-refractivity contribution is 0.0987. The number of anilines is 1. The van der Waals surface area contributed by atoms with Gasteiger partial charge in [0, 0.05) is 49.3 Å². The molecule has 42 heavy (non-hydrogen) atoms. The number of para-hydroxylation sites is 1. The molecule has 4 aromatic carbocycles. The zero-order valence-electron chi connectivity index (χ0n) is 23.4. The van der Waals surface area contributed by atoms with Gasteiger partial charge in [-0.05, 0) is 54.4 Å². The Morgan fingerprint density at radius 3 is 2.29 bits per heavy atom. The van der Waals surface area contributed by atoms with Crippen LogP contribution in [0.4, 0.5) is 5.69 Å². The van der Waals surface area contributed by atoms with Crippen LogP contribution in [0.25, 0.3) is 11.0 Å². The Hall–Kier alpha value is -5.44. The van der Waals surface area contributed by atoms with Crippen LogP contribution in [0.1, 0.15) is 33.7 Å². The molecular weight excluding hydrogens is 526 g/mol. The number of nitrogen functional groups attached to an aromatic ring is 1. The zero-order chi connectivity index (χ0) is 29.6. The summed E-state index contributed by atoms with van der Waals surface area (Å²) in [5.41, 5.74) is 15.9.